The number of aryl methyl sites for hydroxylation is 1. The number of hydrogen-bond acceptors (Lipinski definition) is 5. The second-order valence-electron chi connectivity index (χ2n) is 6.29. The topological polar surface area (TPSA) is 75.7 Å². The number of rotatable bonds is 5. The summed E-state index contributed by atoms with van der Waals surface area (Å²) in [6.07, 6.45) is 8.07. The van der Waals surface area contributed by atoms with Crippen LogP contribution in [-0.2, 0) is 6.42 Å². The van der Waals surface area contributed by atoms with E-state index in [4.69, 9.17) is 4.74 Å². The molecular formula is C20H18FN5O. The Morgan fingerprint density at radius 3 is 2.70 bits per heavy atom. The zero-order valence-electron chi connectivity index (χ0n) is 15.0. The summed E-state index contributed by atoms with van der Waals surface area (Å²) in [5.74, 6) is 0.187. The number of aromatic nitrogens is 4. The maximum absolute atomic E-state index is 13.5. The second-order valence-corrected chi connectivity index (χ2v) is 6.29. The van der Waals surface area contributed by atoms with Crippen molar-refractivity contribution in [1.29, 1.82) is 0 Å². The molecule has 0 bridgehead atoms. The first-order valence-electron chi connectivity index (χ1n) is 8.46. The number of nitrogens with zero attached hydrogens (tertiary/aromatic N) is 3. The van der Waals surface area contributed by atoms with Gasteiger partial charge in [-0.25, -0.2) is 19.3 Å². The summed E-state index contributed by atoms with van der Waals surface area (Å²) in [6.45, 7) is 2.03. The van der Waals surface area contributed by atoms with Crippen LogP contribution >= 0.6 is 0 Å². The first-order chi connectivity index (χ1) is 13.1. The van der Waals surface area contributed by atoms with Crippen LogP contribution in [0.1, 0.15) is 16.7 Å². The lowest BCUT2D eigenvalue weighted by molar-refractivity contribution is 0.387. The van der Waals surface area contributed by atoms with Gasteiger partial charge in [0.25, 0.3) is 0 Å². The Bertz CT molecular complexity index is 1090. The minimum atomic E-state index is -0.414. The molecule has 0 unspecified atom stereocenters. The number of ether oxygens (including phenoxy) is 1. The van der Waals surface area contributed by atoms with Gasteiger partial charge in [-0.15, -0.1) is 0 Å². The molecule has 6 nitrogen and oxygen atoms in total. The molecule has 3 aromatic heterocycles. The summed E-state index contributed by atoms with van der Waals surface area (Å²) in [5.41, 5.74) is 4.78. The fourth-order valence-corrected chi connectivity index (χ4v) is 2.91. The summed E-state index contributed by atoms with van der Waals surface area (Å²) >= 11 is 0. The summed E-state index contributed by atoms with van der Waals surface area (Å²) in [5, 5.41) is 4.15. The number of H-pyrrole nitrogens is 1. The van der Waals surface area contributed by atoms with Crippen LogP contribution in [0.3, 0.4) is 0 Å². The Hall–Kier alpha value is -3.48. The summed E-state index contributed by atoms with van der Waals surface area (Å²) in [6, 6.07) is 6.62. The van der Waals surface area contributed by atoms with E-state index in [9.17, 15) is 4.39 Å². The average Bonchev–Trinajstić information content (AvgIpc) is 3.07. The Morgan fingerprint density at radius 1 is 1.11 bits per heavy atom. The van der Waals surface area contributed by atoms with E-state index in [0.29, 0.717) is 18.1 Å². The molecule has 0 saturated carbocycles. The van der Waals surface area contributed by atoms with Crippen molar-refractivity contribution in [1.82, 2.24) is 19.9 Å². The third-order valence-corrected chi connectivity index (χ3v) is 4.26. The molecule has 27 heavy (non-hydrogen) atoms. The Morgan fingerprint density at radius 2 is 1.93 bits per heavy atom. The molecule has 3 heterocycles. The van der Waals surface area contributed by atoms with Gasteiger partial charge < -0.3 is 15.0 Å². The van der Waals surface area contributed by atoms with Gasteiger partial charge >= 0.3 is 0 Å². The van der Waals surface area contributed by atoms with Gasteiger partial charge in [-0.3, -0.25) is 0 Å². The van der Waals surface area contributed by atoms with E-state index < -0.39 is 5.82 Å². The molecule has 0 atom stereocenters. The van der Waals surface area contributed by atoms with Crippen LogP contribution in [0.4, 0.5) is 16.0 Å². The number of benzene rings is 1. The van der Waals surface area contributed by atoms with Gasteiger partial charge in [-0.1, -0.05) is 0 Å². The van der Waals surface area contributed by atoms with Gasteiger partial charge in [0.15, 0.2) is 11.6 Å². The van der Waals surface area contributed by atoms with E-state index in [1.165, 1.54) is 13.2 Å². The van der Waals surface area contributed by atoms with Crippen LogP contribution in [0.2, 0.25) is 0 Å². The van der Waals surface area contributed by atoms with Crippen molar-refractivity contribution in [3.63, 3.8) is 0 Å². The smallest absolute Gasteiger partial charge is 0.227 e. The molecule has 1 aromatic carbocycles. The highest BCUT2D eigenvalue weighted by Gasteiger charge is 2.08. The molecule has 0 radical (unpaired) electrons. The number of methoxy groups -OCH3 is 1. The van der Waals surface area contributed by atoms with Gasteiger partial charge in [0.2, 0.25) is 5.95 Å². The van der Waals surface area contributed by atoms with Crippen LogP contribution < -0.4 is 10.1 Å². The predicted octanol–water partition coefficient (Wildman–Crippen LogP) is 4.14. The number of anilines is 2. The minimum absolute atomic E-state index is 0.167. The zero-order valence-corrected chi connectivity index (χ0v) is 15.0. The average molecular weight is 363 g/mol. The lowest BCUT2D eigenvalue weighted by Crippen LogP contribution is -1.99. The van der Waals surface area contributed by atoms with E-state index in [0.717, 1.165) is 27.7 Å². The fraction of sp³-hybridized carbons (Fsp3) is 0.150. The third kappa shape index (κ3) is 3.57. The Kier molecular flexibility index (Phi) is 4.42. The molecule has 4 rings (SSSR count). The largest absolute Gasteiger partial charge is 0.494 e. The van der Waals surface area contributed by atoms with Crippen molar-refractivity contribution < 1.29 is 9.13 Å². The lowest BCUT2D eigenvalue weighted by atomic mass is 10.1. The van der Waals surface area contributed by atoms with Crippen molar-refractivity contribution in [2.24, 2.45) is 0 Å². The number of nitrogens with one attached hydrogen (secondary N) is 2. The maximum Gasteiger partial charge on any atom is 0.227 e. The van der Waals surface area contributed by atoms with Gasteiger partial charge in [0, 0.05) is 48.3 Å². The molecule has 0 aliphatic carbocycles. The quantitative estimate of drug-likeness (QED) is 0.557. The monoisotopic (exact) mass is 363 g/mol. The summed E-state index contributed by atoms with van der Waals surface area (Å²) in [7, 11) is 1.43. The van der Waals surface area contributed by atoms with Crippen LogP contribution in [0.5, 0.6) is 5.75 Å². The molecule has 0 fully saturated rings. The molecule has 0 spiro atoms. The fourth-order valence-electron chi connectivity index (χ4n) is 2.91. The highest BCUT2D eigenvalue weighted by molar-refractivity contribution is 5.80. The molecule has 7 heteroatoms. The second kappa shape index (κ2) is 7.03. The molecular weight excluding hydrogens is 345 g/mol. The molecule has 0 aliphatic rings. The number of halogens is 1. The third-order valence-electron chi connectivity index (χ3n) is 4.26. The number of hydrogen-bond donors (Lipinski definition) is 2. The standard InChI is InChI=1S/C20H18FN5O/c1-12-5-16-14(11-23-19(16)22-8-12)6-13-9-24-20(25-10-13)26-15-3-4-17(21)18(7-15)27-2/h3-5,7-11H,6H2,1-2H3,(H,22,23)(H,24,25,26). The Balaban J connectivity index is 1.51. The summed E-state index contributed by atoms with van der Waals surface area (Å²) < 4.78 is 18.5. The summed E-state index contributed by atoms with van der Waals surface area (Å²) in [4.78, 5) is 16.3. The van der Waals surface area contributed by atoms with E-state index in [2.05, 4.69) is 31.3 Å². The van der Waals surface area contributed by atoms with Crippen molar-refractivity contribution in [3.05, 3.63) is 71.6 Å². The van der Waals surface area contributed by atoms with Crippen LogP contribution in [0.15, 0.2) is 49.1 Å². The molecule has 4 aromatic rings. The highest BCUT2D eigenvalue weighted by Crippen LogP contribution is 2.24. The van der Waals surface area contributed by atoms with Crippen molar-refractivity contribution in [2.75, 3.05) is 12.4 Å². The molecule has 2 N–H and O–H groups in total. The van der Waals surface area contributed by atoms with Gasteiger partial charge in [-0.05, 0) is 41.8 Å². The lowest BCUT2D eigenvalue weighted by Gasteiger charge is -2.08. The number of fused-ring (bicyclic) bond motifs is 1. The SMILES string of the molecule is COc1cc(Nc2ncc(Cc3c[nH]c4ncc(C)cc34)cn2)ccc1F. The molecule has 0 saturated heterocycles. The van der Waals surface area contributed by atoms with Crippen LogP contribution in [-0.4, -0.2) is 27.0 Å². The number of aromatic amines is 1. The van der Waals surface area contributed by atoms with E-state index >= 15 is 0 Å². The van der Waals surface area contributed by atoms with Gasteiger partial charge in [0.1, 0.15) is 5.65 Å². The van der Waals surface area contributed by atoms with Crippen LogP contribution in [0.25, 0.3) is 11.0 Å². The maximum atomic E-state index is 13.5. The first kappa shape index (κ1) is 17.0. The molecule has 0 aliphatic heterocycles. The van der Waals surface area contributed by atoms with Gasteiger partial charge in [-0.2, -0.15) is 0 Å². The Labute approximate surface area is 155 Å². The van der Waals surface area contributed by atoms with Crippen molar-refractivity contribution >= 4 is 22.7 Å². The van der Waals surface area contributed by atoms with Crippen LogP contribution in [0, 0.1) is 12.7 Å². The van der Waals surface area contributed by atoms with Crippen molar-refractivity contribution in [2.45, 2.75) is 13.3 Å². The van der Waals surface area contributed by atoms with E-state index in [1.54, 1.807) is 24.5 Å². The number of pyridine rings is 1. The normalized spacial score (nSPS) is 10.9. The first-order valence-corrected chi connectivity index (χ1v) is 8.46. The van der Waals surface area contributed by atoms with Crippen molar-refractivity contribution in [3.8, 4) is 5.75 Å². The predicted molar refractivity (Wildman–Crippen MR) is 102 cm³/mol. The van der Waals surface area contributed by atoms with Gasteiger partial charge in [0.05, 0.1) is 7.11 Å². The molecule has 136 valence electrons. The van der Waals surface area contributed by atoms with E-state index in [1.807, 2.05) is 19.3 Å². The minimum Gasteiger partial charge on any atom is -0.494 e. The highest BCUT2D eigenvalue weighted by atomic mass is 19.1. The zero-order chi connectivity index (χ0) is 18.8. The van der Waals surface area contributed by atoms with E-state index in [-0.39, 0.29) is 5.75 Å². The molecule has 0 amide bonds.